The molecular weight excluding hydrogens is 87.0 g/mol. The molecule has 0 aromatic heterocycles. The molecule has 0 spiro atoms. The third-order valence-electron chi connectivity index (χ3n) is 0. The quantitative estimate of drug-likeness (QED) is 0.258. The molecule has 0 amide bonds. The second-order valence-electron chi connectivity index (χ2n) is 0.408. The van der Waals surface area contributed by atoms with Crippen molar-refractivity contribution in [2.45, 2.75) is 6.92 Å². The van der Waals surface area contributed by atoms with E-state index in [0.29, 0.717) is 0 Å². The Labute approximate surface area is 60.6 Å². The zero-order chi connectivity index (χ0) is 4.71. The summed E-state index contributed by atoms with van der Waals surface area (Å²) in [5.74, 6) is 0. The van der Waals surface area contributed by atoms with E-state index in [4.69, 9.17) is 17.6 Å². The van der Waals surface area contributed by atoms with Gasteiger partial charge in [0.05, 0.1) is 0 Å². The molecule has 0 aromatic rings. The Morgan fingerprint density at radius 2 is 1.67 bits per heavy atom. The van der Waals surface area contributed by atoms with Crippen LogP contribution in [0.2, 0.25) is 0 Å². The molecule has 2 nitrogen and oxygen atoms in total. The monoisotopic (exact) mass is 94.1 g/mol. The average molecular weight is 94.1 g/mol. The predicted octanol–water partition coefficient (Wildman–Crippen LogP) is -2.93. The van der Waals surface area contributed by atoms with E-state index in [1.54, 1.807) is 0 Å². The van der Waals surface area contributed by atoms with Gasteiger partial charge in [-0.1, -0.05) is 6.92 Å². The van der Waals surface area contributed by atoms with Crippen molar-refractivity contribution in [3.63, 3.8) is 0 Å². The Morgan fingerprint density at radius 1 is 1.67 bits per heavy atom. The van der Waals surface area contributed by atoms with E-state index in [9.17, 15) is 0 Å². The molecule has 0 aliphatic carbocycles. The van der Waals surface area contributed by atoms with E-state index in [0.717, 1.165) is 6.54 Å². The van der Waals surface area contributed by atoms with Crippen LogP contribution in [0.3, 0.4) is 0 Å². The average Bonchev–Trinajstić information content (AvgIpc) is 1.46. The summed E-state index contributed by atoms with van der Waals surface area (Å²) < 4.78 is 0. The summed E-state index contributed by atoms with van der Waals surface area (Å²) in [6, 6.07) is 0. The van der Waals surface area contributed by atoms with Crippen LogP contribution < -0.4 is 35.3 Å². The minimum atomic E-state index is 0. The van der Waals surface area contributed by atoms with E-state index in [1.165, 1.54) is 0 Å². The summed E-state index contributed by atoms with van der Waals surface area (Å²) in [6.07, 6.45) is 0. The van der Waals surface area contributed by atoms with E-state index in [-0.39, 0.29) is 29.6 Å². The first-order chi connectivity index (χ1) is 2.41. The summed E-state index contributed by atoms with van der Waals surface area (Å²) in [5.41, 5.74) is 4.85. The molecule has 0 saturated carbocycles. The molecule has 2 N–H and O–H groups in total. The van der Waals surface area contributed by atoms with Crippen molar-refractivity contribution in [3.8, 4) is 0 Å². The van der Waals surface area contributed by atoms with Crippen LogP contribution in [0.5, 0.6) is 0 Å². The Hall–Kier alpha value is 0.450. The van der Waals surface area contributed by atoms with Crippen molar-refractivity contribution in [1.29, 1.82) is 5.26 Å². The Bertz CT molecular complexity index is 20.0. The molecule has 30 valence electrons. The topological polar surface area (TPSA) is 49.8 Å². The molecular formula is C3H7N2Na. The second kappa shape index (κ2) is 51.3. The molecule has 6 heavy (non-hydrogen) atoms. The summed E-state index contributed by atoms with van der Waals surface area (Å²) in [5, 5.41) is 6.25. The van der Waals surface area contributed by atoms with Gasteiger partial charge in [0, 0.05) is 0 Å². The number of nitrogens with two attached hydrogens (primary N) is 1. The smallest absolute Gasteiger partial charge is 0.512 e. The number of hydrogen-bond donors (Lipinski definition) is 1. The first-order valence-electron chi connectivity index (χ1n) is 1.34. The maximum absolute atomic E-state index is 6.25. The van der Waals surface area contributed by atoms with Crippen LogP contribution >= 0.6 is 0 Å². The first kappa shape index (κ1) is 16.1. The van der Waals surface area contributed by atoms with Crippen molar-refractivity contribution in [2.75, 3.05) is 6.54 Å². The van der Waals surface area contributed by atoms with Gasteiger partial charge in [0.15, 0.2) is 0 Å². The SMILES string of the molecule is CCN.[C-]#N.[Na+]. The molecule has 0 radical (unpaired) electrons. The van der Waals surface area contributed by atoms with E-state index in [2.05, 4.69) is 0 Å². The first-order valence-corrected chi connectivity index (χ1v) is 1.34. The standard InChI is InChI=1S/C2H7N.CN.Na/c1-2-3;1-2;/h2-3H2,1H3;;/q;-1;+1. The molecule has 0 aromatic carbocycles. The van der Waals surface area contributed by atoms with E-state index < -0.39 is 0 Å². The van der Waals surface area contributed by atoms with Crippen LogP contribution in [0.25, 0.3) is 0 Å². The fraction of sp³-hybridized carbons (Fsp3) is 0.667. The number of hydrogen-bond acceptors (Lipinski definition) is 2. The van der Waals surface area contributed by atoms with Crippen LogP contribution in [0.1, 0.15) is 6.92 Å². The van der Waals surface area contributed by atoms with Crippen LogP contribution in [0, 0.1) is 11.8 Å². The summed E-state index contributed by atoms with van der Waals surface area (Å²) in [7, 11) is 0. The molecule has 0 saturated heterocycles. The van der Waals surface area contributed by atoms with E-state index >= 15 is 0 Å². The molecule has 0 heterocycles. The van der Waals surface area contributed by atoms with Crippen molar-refractivity contribution in [2.24, 2.45) is 5.73 Å². The Kier molecular flexibility index (Phi) is 138. The molecule has 3 heteroatoms. The van der Waals surface area contributed by atoms with Gasteiger partial charge in [-0.25, -0.2) is 0 Å². The molecule has 0 fully saturated rings. The third-order valence-corrected chi connectivity index (χ3v) is 0. The minimum Gasteiger partial charge on any atom is -0.512 e. The van der Waals surface area contributed by atoms with Gasteiger partial charge < -0.3 is 17.6 Å². The van der Waals surface area contributed by atoms with Crippen molar-refractivity contribution in [3.05, 3.63) is 6.57 Å². The summed E-state index contributed by atoms with van der Waals surface area (Å²) >= 11 is 0. The normalized spacial score (nSPS) is 3.33. The van der Waals surface area contributed by atoms with Crippen molar-refractivity contribution >= 4 is 0 Å². The maximum atomic E-state index is 6.25. The van der Waals surface area contributed by atoms with Gasteiger partial charge in [-0.05, 0) is 6.54 Å². The fourth-order valence-electron chi connectivity index (χ4n) is 0. The van der Waals surface area contributed by atoms with Gasteiger partial charge in [0.1, 0.15) is 0 Å². The van der Waals surface area contributed by atoms with Gasteiger partial charge >= 0.3 is 29.6 Å². The maximum Gasteiger partial charge on any atom is 1.00 e. The second-order valence-corrected chi connectivity index (χ2v) is 0.408. The molecule has 0 unspecified atom stereocenters. The Morgan fingerprint density at radius 3 is 1.67 bits per heavy atom. The zero-order valence-electron chi connectivity index (χ0n) is 4.23. The van der Waals surface area contributed by atoms with Crippen LogP contribution in [-0.2, 0) is 0 Å². The van der Waals surface area contributed by atoms with Crippen molar-refractivity contribution in [1.82, 2.24) is 0 Å². The van der Waals surface area contributed by atoms with Gasteiger partial charge in [0.25, 0.3) is 0 Å². The van der Waals surface area contributed by atoms with Crippen molar-refractivity contribution < 1.29 is 29.6 Å². The number of nitrogens with zero attached hydrogens (tertiary/aromatic N) is 1. The third kappa shape index (κ3) is 262. The van der Waals surface area contributed by atoms with Crippen LogP contribution in [0.4, 0.5) is 0 Å². The van der Waals surface area contributed by atoms with Gasteiger partial charge in [0.2, 0.25) is 0 Å². The van der Waals surface area contributed by atoms with E-state index in [1.807, 2.05) is 6.92 Å². The van der Waals surface area contributed by atoms with Crippen LogP contribution in [0.15, 0.2) is 0 Å². The molecule has 0 atom stereocenters. The van der Waals surface area contributed by atoms with Gasteiger partial charge in [-0.3, -0.25) is 0 Å². The molecule has 0 bridgehead atoms. The van der Waals surface area contributed by atoms with Crippen LogP contribution in [-0.4, -0.2) is 6.54 Å². The summed E-state index contributed by atoms with van der Waals surface area (Å²) in [6.45, 7) is 7.40. The van der Waals surface area contributed by atoms with Gasteiger partial charge in [-0.2, -0.15) is 0 Å². The zero-order valence-corrected chi connectivity index (χ0v) is 6.23. The van der Waals surface area contributed by atoms with Gasteiger partial charge in [-0.15, -0.1) is 0 Å². The molecule has 0 rings (SSSR count). The molecule has 0 aliphatic heterocycles. The molecule has 0 aliphatic rings. The fourth-order valence-corrected chi connectivity index (χ4v) is 0. The Balaban J connectivity index is -0.0000000275. The minimum absolute atomic E-state index is 0. The summed E-state index contributed by atoms with van der Waals surface area (Å²) in [4.78, 5) is 0. The number of rotatable bonds is 0. The predicted molar refractivity (Wildman–Crippen MR) is 19.7 cm³/mol. The largest absolute Gasteiger partial charge is 1.00 e.